The van der Waals surface area contributed by atoms with Crippen LogP contribution in [0.1, 0.15) is 0 Å². The fourth-order valence-electron chi connectivity index (χ4n) is 9.81. The molecule has 0 unspecified atom stereocenters. The molecule has 76 heavy (non-hydrogen) atoms. The molecule has 0 radical (unpaired) electrons. The number of hydrogen-bond donors (Lipinski definition) is 0. The molecule has 11 nitrogen and oxygen atoms in total. The summed E-state index contributed by atoms with van der Waals surface area (Å²) in [5, 5.41) is 0. The number of pyridine rings is 4. The van der Waals surface area contributed by atoms with Crippen molar-refractivity contribution in [2.24, 2.45) is 0 Å². The fourth-order valence-corrected chi connectivity index (χ4v) is 10.9. The Bertz CT molecular complexity index is 3670. The van der Waals surface area contributed by atoms with Crippen LogP contribution in [0.25, 0.3) is 79.2 Å². The van der Waals surface area contributed by atoms with Crippen molar-refractivity contribution < 1.29 is 4.74 Å². The zero-order chi connectivity index (χ0) is 50.4. The summed E-state index contributed by atoms with van der Waals surface area (Å²) >= 11 is 1.77. The maximum absolute atomic E-state index is 6.57. The first-order chi connectivity index (χ1) is 37.6. The molecular formula is C64H40N10OS. The van der Waals surface area contributed by atoms with Crippen LogP contribution in [-0.2, 0) is 0 Å². The molecule has 12 aromatic rings. The summed E-state index contributed by atoms with van der Waals surface area (Å²) in [6.45, 7) is 0. The third kappa shape index (κ3) is 8.34. The lowest BCUT2D eigenvalue weighted by molar-refractivity contribution is 0.477. The van der Waals surface area contributed by atoms with Crippen molar-refractivity contribution in [2.75, 3.05) is 9.80 Å². The van der Waals surface area contributed by atoms with Crippen LogP contribution in [0.4, 0.5) is 34.1 Å². The minimum atomic E-state index is 0.514. The molecule has 0 amide bonds. The molecular weight excluding hydrogens is 957 g/mol. The van der Waals surface area contributed by atoms with E-state index in [0.29, 0.717) is 28.7 Å². The zero-order valence-electron chi connectivity index (χ0n) is 40.4. The first-order valence-corrected chi connectivity index (χ1v) is 25.5. The van der Waals surface area contributed by atoms with Gasteiger partial charge in [0.25, 0.3) is 0 Å². The number of para-hydroxylation sites is 6. The molecule has 8 heterocycles. The first kappa shape index (κ1) is 44.5. The molecule has 2 aliphatic rings. The maximum atomic E-state index is 6.57. The minimum absolute atomic E-state index is 0.514. The molecule has 6 aromatic heterocycles. The van der Waals surface area contributed by atoms with E-state index in [1.807, 2.05) is 122 Å². The lowest BCUT2D eigenvalue weighted by Gasteiger charge is -2.34. The second kappa shape index (κ2) is 19.0. The Balaban J connectivity index is 1.05. The molecule has 12 heteroatoms. The van der Waals surface area contributed by atoms with Crippen molar-refractivity contribution >= 4 is 45.9 Å². The van der Waals surface area contributed by atoms with E-state index in [-0.39, 0.29) is 0 Å². The van der Waals surface area contributed by atoms with Crippen molar-refractivity contribution in [1.29, 1.82) is 0 Å². The number of anilines is 6. The van der Waals surface area contributed by atoms with Crippen LogP contribution < -0.4 is 14.5 Å². The molecule has 0 bridgehead atoms. The van der Waals surface area contributed by atoms with Gasteiger partial charge in [0.15, 0.2) is 23.1 Å². The van der Waals surface area contributed by atoms with E-state index in [9.17, 15) is 0 Å². The van der Waals surface area contributed by atoms with Gasteiger partial charge in [0.05, 0.1) is 56.9 Å². The van der Waals surface area contributed by atoms with E-state index in [0.717, 1.165) is 106 Å². The summed E-state index contributed by atoms with van der Waals surface area (Å²) < 4.78 is 6.57. The highest BCUT2D eigenvalue weighted by Crippen LogP contribution is 2.54. The van der Waals surface area contributed by atoms with Crippen LogP contribution in [0, 0.1) is 0 Å². The summed E-state index contributed by atoms with van der Waals surface area (Å²) in [6, 6.07) is 70.1. The molecule has 0 aliphatic carbocycles. The topological polar surface area (TPSA) is 119 Å². The van der Waals surface area contributed by atoms with Crippen molar-refractivity contribution in [3.63, 3.8) is 0 Å². The Morgan fingerprint density at radius 3 is 1.20 bits per heavy atom. The van der Waals surface area contributed by atoms with Gasteiger partial charge < -0.3 is 14.5 Å². The van der Waals surface area contributed by atoms with E-state index in [4.69, 9.17) is 34.6 Å². The summed E-state index contributed by atoms with van der Waals surface area (Å²) in [6.07, 6.45) is 10.8. The molecule has 0 fully saturated rings. The van der Waals surface area contributed by atoms with Crippen LogP contribution in [0.15, 0.2) is 253 Å². The summed E-state index contributed by atoms with van der Waals surface area (Å²) in [5.41, 5.74) is 15.0. The Kier molecular flexibility index (Phi) is 11.1. The van der Waals surface area contributed by atoms with E-state index in [1.54, 1.807) is 36.5 Å². The standard InChI is InChI=1S/C64H40N10OS/c1-5-23-59-55(19-1)73(56-20-2-6-24-60(56)75-59)47-33-43(31-45(35-47)63-69-51(41-15-13-27-65-39-41)37-53(71-63)49-17-9-11-29-67-49)44-32-46(36-48(34-44)74-57-21-3-7-25-61(57)76-62-26-8-4-22-58(62)74)64-70-52(42-16-14-28-66-40-42)38-54(72-64)50-18-10-12-30-68-50/h1-40H. The van der Waals surface area contributed by atoms with Gasteiger partial charge in [-0.05, 0) is 157 Å². The predicted molar refractivity (Wildman–Crippen MR) is 300 cm³/mol. The number of fused-ring (bicyclic) bond motifs is 4. The minimum Gasteiger partial charge on any atom is -0.453 e. The van der Waals surface area contributed by atoms with E-state index >= 15 is 0 Å². The highest BCUT2D eigenvalue weighted by Gasteiger charge is 2.29. The van der Waals surface area contributed by atoms with Gasteiger partial charge in [0, 0.05) is 80.6 Å². The van der Waals surface area contributed by atoms with Gasteiger partial charge in [-0.15, -0.1) is 0 Å². The normalized spacial score (nSPS) is 12.2. The molecule has 0 saturated carbocycles. The summed E-state index contributed by atoms with van der Waals surface area (Å²) in [7, 11) is 0. The maximum Gasteiger partial charge on any atom is 0.160 e. The van der Waals surface area contributed by atoms with Crippen LogP contribution in [0.2, 0.25) is 0 Å². The van der Waals surface area contributed by atoms with Crippen LogP contribution in [-0.4, -0.2) is 39.9 Å². The number of rotatable bonds is 9. The Labute approximate surface area is 442 Å². The summed E-state index contributed by atoms with van der Waals surface area (Å²) in [4.78, 5) is 46.6. The van der Waals surface area contributed by atoms with Crippen LogP contribution >= 0.6 is 11.8 Å². The number of aromatic nitrogens is 8. The van der Waals surface area contributed by atoms with Gasteiger partial charge in [-0.2, -0.15) is 0 Å². The Hall–Kier alpha value is -10.2. The van der Waals surface area contributed by atoms with Gasteiger partial charge in [-0.1, -0.05) is 72.4 Å². The quantitative estimate of drug-likeness (QED) is 0.137. The number of nitrogens with zero attached hydrogens (tertiary/aromatic N) is 10. The largest absolute Gasteiger partial charge is 0.453 e. The first-order valence-electron chi connectivity index (χ1n) is 24.7. The number of benzene rings is 6. The molecule has 0 N–H and O–H groups in total. The van der Waals surface area contributed by atoms with Crippen molar-refractivity contribution in [2.45, 2.75) is 9.79 Å². The molecule has 0 atom stereocenters. The van der Waals surface area contributed by atoms with Crippen molar-refractivity contribution in [3.05, 3.63) is 243 Å². The lowest BCUT2D eigenvalue weighted by Crippen LogP contribution is -2.16. The van der Waals surface area contributed by atoms with E-state index in [1.165, 1.54) is 0 Å². The molecule has 6 aromatic carbocycles. The van der Waals surface area contributed by atoms with Crippen molar-refractivity contribution in [1.82, 2.24) is 39.9 Å². The third-order valence-electron chi connectivity index (χ3n) is 13.3. The second-order valence-electron chi connectivity index (χ2n) is 18.1. The zero-order valence-corrected chi connectivity index (χ0v) is 41.2. The lowest BCUT2D eigenvalue weighted by atomic mass is 9.96. The van der Waals surface area contributed by atoms with Gasteiger partial charge in [-0.3, -0.25) is 19.9 Å². The van der Waals surface area contributed by atoms with Crippen LogP contribution in [0.5, 0.6) is 11.5 Å². The SMILES string of the molecule is c1ccc(-c2cc(-c3cccnc3)nc(-c3cc(-c4cc(-c5nc(-c6cccnc6)cc(-c6ccccn6)n5)cc(N5c6ccccc6Sc6ccccc65)c4)cc(N4c5ccccc5Oc5ccccc54)c3)n2)nc1. The van der Waals surface area contributed by atoms with Gasteiger partial charge in [0.1, 0.15) is 0 Å². The van der Waals surface area contributed by atoms with Crippen molar-refractivity contribution in [3.8, 4) is 90.7 Å². The molecule has 0 spiro atoms. The highest BCUT2D eigenvalue weighted by molar-refractivity contribution is 7.99. The molecule has 2 aliphatic heterocycles. The monoisotopic (exact) mass is 996 g/mol. The third-order valence-corrected chi connectivity index (χ3v) is 14.4. The Morgan fingerprint density at radius 2 is 0.737 bits per heavy atom. The predicted octanol–water partition coefficient (Wildman–Crippen LogP) is 16.0. The molecule has 0 saturated heterocycles. The van der Waals surface area contributed by atoms with E-state index in [2.05, 4.69) is 117 Å². The average molecular weight is 997 g/mol. The number of ether oxygens (including phenoxy) is 1. The average Bonchev–Trinajstić information content (AvgIpc) is 3.55. The van der Waals surface area contributed by atoms with Gasteiger partial charge in [-0.25, -0.2) is 19.9 Å². The molecule has 14 rings (SSSR count). The van der Waals surface area contributed by atoms with E-state index < -0.39 is 0 Å². The Morgan fingerprint density at radius 1 is 0.316 bits per heavy atom. The fraction of sp³-hybridized carbons (Fsp3) is 0. The smallest absolute Gasteiger partial charge is 0.160 e. The number of hydrogen-bond acceptors (Lipinski definition) is 12. The van der Waals surface area contributed by atoms with Crippen LogP contribution in [0.3, 0.4) is 0 Å². The molecule has 358 valence electrons. The van der Waals surface area contributed by atoms with Gasteiger partial charge >= 0.3 is 0 Å². The summed E-state index contributed by atoms with van der Waals surface area (Å²) in [5.74, 6) is 2.51. The highest BCUT2D eigenvalue weighted by atomic mass is 32.2. The second-order valence-corrected chi connectivity index (χ2v) is 19.2. The van der Waals surface area contributed by atoms with Gasteiger partial charge in [0.2, 0.25) is 0 Å².